The molecule has 0 atom stereocenters. The van der Waals surface area contributed by atoms with Gasteiger partial charge in [0.15, 0.2) is 0 Å². The second-order valence-electron chi connectivity index (χ2n) is 5.46. The van der Waals surface area contributed by atoms with Gasteiger partial charge in [-0.3, -0.25) is 0 Å². The number of fused-ring (bicyclic) bond motifs is 1. The van der Waals surface area contributed by atoms with Gasteiger partial charge in [-0.1, -0.05) is 50.2 Å². The Morgan fingerprint density at radius 2 is 1.52 bits per heavy atom. The zero-order valence-corrected chi connectivity index (χ0v) is 16.7. The van der Waals surface area contributed by atoms with Crippen LogP contribution < -0.4 is 0 Å². The van der Waals surface area contributed by atoms with Gasteiger partial charge in [0.2, 0.25) is 0 Å². The van der Waals surface area contributed by atoms with Gasteiger partial charge >= 0.3 is 0 Å². The molecule has 0 aliphatic carbocycles. The molecule has 25 heavy (non-hydrogen) atoms. The number of para-hydroxylation sites is 1. The molecule has 1 aromatic heterocycles. The first-order chi connectivity index (χ1) is 12.1. The van der Waals surface area contributed by atoms with Gasteiger partial charge in [-0.25, -0.2) is 12.4 Å². The number of rotatable bonds is 7. The Bertz CT molecular complexity index is 943. The van der Waals surface area contributed by atoms with Crippen molar-refractivity contribution >= 4 is 44.4 Å². The van der Waals surface area contributed by atoms with Crippen LogP contribution in [-0.2, 0) is 10.0 Å². The number of nitrogens with zero attached hydrogens (tertiary/aromatic N) is 1. The average molecular weight is 392 g/mol. The molecule has 3 rings (SSSR count). The van der Waals surface area contributed by atoms with E-state index in [0.717, 1.165) is 28.0 Å². The SMILES string of the molecule is CCSC(SCC)c1cn(S(=O)(=O)c2ccccc2)c2ccccc12. The molecule has 6 heteroatoms. The first-order valence-corrected chi connectivity index (χ1v) is 11.8. The van der Waals surface area contributed by atoms with E-state index >= 15 is 0 Å². The summed E-state index contributed by atoms with van der Waals surface area (Å²) in [5, 5.41) is 1.01. The quantitative estimate of drug-likeness (QED) is 0.507. The molecule has 3 aromatic rings. The lowest BCUT2D eigenvalue weighted by Crippen LogP contribution is -2.11. The predicted molar refractivity (Wildman–Crippen MR) is 110 cm³/mol. The van der Waals surface area contributed by atoms with Crippen molar-refractivity contribution in [1.29, 1.82) is 0 Å². The highest BCUT2D eigenvalue weighted by Crippen LogP contribution is 2.43. The minimum Gasteiger partial charge on any atom is -0.241 e. The van der Waals surface area contributed by atoms with Crippen molar-refractivity contribution in [2.24, 2.45) is 0 Å². The minimum absolute atomic E-state index is 0.229. The maximum Gasteiger partial charge on any atom is 0.268 e. The van der Waals surface area contributed by atoms with Crippen molar-refractivity contribution < 1.29 is 8.42 Å². The van der Waals surface area contributed by atoms with Crippen LogP contribution in [0.5, 0.6) is 0 Å². The Balaban J connectivity index is 2.21. The highest BCUT2D eigenvalue weighted by Gasteiger charge is 2.24. The van der Waals surface area contributed by atoms with E-state index in [0.29, 0.717) is 4.90 Å². The van der Waals surface area contributed by atoms with Crippen LogP contribution in [0.3, 0.4) is 0 Å². The molecule has 0 saturated heterocycles. The van der Waals surface area contributed by atoms with Gasteiger partial charge in [0.1, 0.15) is 0 Å². The highest BCUT2D eigenvalue weighted by atomic mass is 32.2. The van der Waals surface area contributed by atoms with E-state index in [2.05, 4.69) is 13.8 Å². The summed E-state index contributed by atoms with van der Waals surface area (Å²) in [6, 6.07) is 16.4. The number of hydrogen-bond donors (Lipinski definition) is 0. The third kappa shape index (κ3) is 3.61. The first-order valence-electron chi connectivity index (χ1n) is 8.23. The fourth-order valence-electron chi connectivity index (χ4n) is 2.80. The number of thioether (sulfide) groups is 2. The molecule has 0 amide bonds. The van der Waals surface area contributed by atoms with E-state index in [4.69, 9.17) is 0 Å². The molecule has 0 aliphatic rings. The molecule has 132 valence electrons. The summed E-state index contributed by atoms with van der Waals surface area (Å²) in [4.78, 5) is 0.310. The summed E-state index contributed by atoms with van der Waals surface area (Å²) < 4.78 is 28.0. The van der Waals surface area contributed by atoms with Crippen molar-refractivity contribution in [3.05, 3.63) is 66.4 Å². The van der Waals surface area contributed by atoms with Crippen LogP contribution >= 0.6 is 23.5 Å². The van der Waals surface area contributed by atoms with Crippen LogP contribution in [0.4, 0.5) is 0 Å². The normalized spacial score (nSPS) is 12.1. The zero-order valence-electron chi connectivity index (χ0n) is 14.3. The molecule has 0 saturated carbocycles. The summed E-state index contributed by atoms with van der Waals surface area (Å²) in [5.41, 5.74) is 1.81. The Labute approximate surface area is 157 Å². The summed E-state index contributed by atoms with van der Waals surface area (Å²) in [6.07, 6.45) is 1.81. The minimum atomic E-state index is -3.61. The molecule has 0 aliphatic heterocycles. The fraction of sp³-hybridized carbons (Fsp3) is 0.263. The Morgan fingerprint density at radius 1 is 0.920 bits per heavy atom. The molecular weight excluding hydrogens is 370 g/mol. The third-order valence-electron chi connectivity index (χ3n) is 3.90. The maximum absolute atomic E-state index is 13.1. The van der Waals surface area contributed by atoms with Gasteiger partial charge in [0, 0.05) is 17.1 Å². The number of benzene rings is 2. The molecule has 0 fully saturated rings. The van der Waals surface area contributed by atoms with Crippen molar-refractivity contribution in [2.45, 2.75) is 23.3 Å². The molecule has 0 radical (unpaired) electrons. The first kappa shape index (κ1) is 18.4. The zero-order chi connectivity index (χ0) is 17.9. The summed E-state index contributed by atoms with van der Waals surface area (Å²) in [6.45, 7) is 4.27. The van der Waals surface area contributed by atoms with Crippen molar-refractivity contribution in [3.63, 3.8) is 0 Å². The van der Waals surface area contributed by atoms with Crippen LogP contribution in [0.15, 0.2) is 65.7 Å². The lowest BCUT2D eigenvalue weighted by molar-refractivity contribution is 0.589. The van der Waals surface area contributed by atoms with E-state index in [1.165, 1.54) is 3.97 Å². The molecule has 1 heterocycles. The van der Waals surface area contributed by atoms with Crippen molar-refractivity contribution in [2.75, 3.05) is 11.5 Å². The molecular formula is C19H21NO2S3. The summed E-state index contributed by atoms with van der Waals surface area (Å²) in [7, 11) is -3.61. The van der Waals surface area contributed by atoms with Crippen LogP contribution in [0.25, 0.3) is 10.9 Å². The van der Waals surface area contributed by atoms with E-state index in [1.54, 1.807) is 24.3 Å². The molecule has 2 aromatic carbocycles. The van der Waals surface area contributed by atoms with Crippen LogP contribution in [0, 0.1) is 0 Å². The standard InChI is InChI=1S/C19H21NO2S3/c1-3-23-19(24-4-2)17-14-20(18-13-9-8-12-16(17)18)25(21,22)15-10-6-5-7-11-15/h5-14,19H,3-4H2,1-2H3. The van der Waals surface area contributed by atoms with Gasteiger partial charge in [-0.15, -0.1) is 23.5 Å². The fourth-order valence-corrected chi connectivity index (χ4v) is 6.74. The molecule has 0 N–H and O–H groups in total. The Kier molecular flexibility index (Phi) is 5.81. The smallest absolute Gasteiger partial charge is 0.241 e. The van der Waals surface area contributed by atoms with E-state index < -0.39 is 10.0 Å². The van der Waals surface area contributed by atoms with Gasteiger partial charge in [-0.05, 0) is 29.7 Å². The second-order valence-corrected chi connectivity index (χ2v) is 10.3. The topological polar surface area (TPSA) is 39.1 Å². The molecule has 3 nitrogen and oxygen atoms in total. The predicted octanol–water partition coefficient (Wildman–Crippen LogP) is 5.38. The van der Waals surface area contributed by atoms with E-state index in [-0.39, 0.29) is 4.58 Å². The number of hydrogen-bond acceptors (Lipinski definition) is 4. The Hall–Kier alpha value is -1.37. The second kappa shape index (κ2) is 7.89. The number of aromatic nitrogens is 1. The summed E-state index contributed by atoms with van der Waals surface area (Å²) >= 11 is 3.69. The van der Waals surface area contributed by atoms with Gasteiger partial charge in [-0.2, -0.15) is 0 Å². The van der Waals surface area contributed by atoms with Crippen LogP contribution in [-0.4, -0.2) is 23.9 Å². The summed E-state index contributed by atoms with van der Waals surface area (Å²) in [5.74, 6) is 1.98. The van der Waals surface area contributed by atoms with E-state index in [1.807, 2.05) is 60.1 Å². The third-order valence-corrected chi connectivity index (χ3v) is 8.18. The average Bonchev–Trinajstić information content (AvgIpc) is 3.03. The van der Waals surface area contributed by atoms with Gasteiger partial charge in [0.05, 0.1) is 15.0 Å². The molecule has 0 bridgehead atoms. The largest absolute Gasteiger partial charge is 0.268 e. The van der Waals surface area contributed by atoms with Crippen molar-refractivity contribution in [3.8, 4) is 0 Å². The Morgan fingerprint density at radius 3 is 2.16 bits per heavy atom. The lowest BCUT2D eigenvalue weighted by Gasteiger charge is -2.13. The molecule has 0 unspecified atom stereocenters. The van der Waals surface area contributed by atoms with Crippen molar-refractivity contribution in [1.82, 2.24) is 3.97 Å². The van der Waals surface area contributed by atoms with Gasteiger partial charge in [0.25, 0.3) is 10.0 Å². The van der Waals surface area contributed by atoms with Crippen LogP contribution in [0.2, 0.25) is 0 Å². The van der Waals surface area contributed by atoms with Crippen LogP contribution in [0.1, 0.15) is 24.0 Å². The monoisotopic (exact) mass is 391 g/mol. The van der Waals surface area contributed by atoms with E-state index in [9.17, 15) is 8.42 Å². The highest BCUT2D eigenvalue weighted by molar-refractivity contribution is 8.16. The molecule has 0 spiro atoms. The maximum atomic E-state index is 13.1. The lowest BCUT2D eigenvalue weighted by atomic mass is 10.2. The van der Waals surface area contributed by atoms with Gasteiger partial charge < -0.3 is 0 Å².